The summed E-state index contributed by atoms with van der Waals surface area (Å²) in [5.41, 5.74) is 0.964. The van der Waals surface area contributed by atoms with Crippen LogP contribution in [0.2, 0.25) is 0 Å². The number of aromatic hydroxyl groups is 1. The van der Waals surface area contributed by atoms with Gasteiger partial charge in [-0.1, -0.05) is 26.8 Å². The number of benzene rings is 1. The van der Waals surface area contributed by atoms with E-state index in [-0.39, 0.29) is 11.2 Å². The molecule has 0 bridgehead atoms. The van der Waals surface area contributed by atoms with E-state index in [1.807, 2.05) is 6.07 Å². The molecule has 0 aromatic heterocycles. The minimum atomic E-state index is -0.0493. The Labute approximate surface area is 90.6 Å². The van der Waals surface area contributed by atoms with Crippen molar-refractivity contribution in [2.75, 3.05) is 14.2 Å². The van der Waals surface area contributed by atoms with Crippen LogP contribution in [0.4, 0.5) is 0 Å². The number of phenolic OH excluding ortho intramolecular Hbond substituents is 1. The molecule has 3 heteroatoms. The molecule has 0 radical (unpaired) electrons. The van der Waals surface area contributed by atoms with Crippen LogP contribution in [0.25, 0.3) is 0 Å². The predicted molar refractivity (Wildman–Crippen MR) is 59.9 cm³/mol. The van der Waals surface area contributed by atoms with Gasteiger partial charge in [-0.05, 0) is 11.5 Å². The molecule has 0 atom stereocenters. The van der Waals surface area contributed by atoms with Crippen LogP contribution in [-0.2, 0) is 5.41 Å². The highest BCUT2D eigenvalue weighted by Crippen LogP contribution is 2.43. The largest absolute Gasteiger partial charge is 0.504 e. The molecule has 3 nitrogen and oxygen atoms in total. The maximum atomic E-state index is 9.61. The van der Waals surface area contributed by atoms with Crippen LogP contribution in [0.1, 0.15) is 26.3 Å². The van der Waals surface area contributed by atoms with Crippen molar-refractivity contribution in [1.29, 1.82) is 0 Å². The number of hydrogen-bond donors (Lipinski definition) is 1. The first-order valence-corrected chi connectivity index (χ1v) is 4.86. The van der Waals surface area contributed by atoms with E-state index in [4.69, 9.17) is 9.47 Å². The lowest BCUT2D eigenvalue weighted by Crippen LogP contribution is -2.13. The van der Waals surface area contributed by atoms with Crippen molar-refractivity contribution >= 4 is 0 Å². The first kappa shape index (κ1) is 11.7. The highest BCUT2D eigenvalue weighted by molar-refractivity contribution is 5.56. The molecule has 1 aromatic rings. The molecule has 0 saturated carbocycles. The molecule has 0 fully saturated rings. The Bertz CT molecular complexity index is 351. The van der Waals surface area contributed by atoms with Crippen LogP contribution < -0.4 is 9.47 Å². The van der Waals surface area contributed by atoms with Gasteiger partial charge in [0, 0.05) is 5.56 Å². The van der Waals surface area contributed by atoms with Gasteiger partial charge < -0.3 is 14.6 Å². The van der Waals surface area contributed by atoms with Crippen molar-refractivity contribution < 1.29 is 14.6 Å². The molecule has 0 unspecified atom stereocenters. The summed E-state index contributed by atoms with van der Waals surface area (Å²) in [6, 6.07) is 3.48. The van der Waals surface area contributed by atoms with Gasteiger partial charge in [-0.2, -0.15) is 0 Å². The van der Waals surface area contributed by atoms with Crippen molar-refractivity contribution in [1.82, 2.24) is 0 Å². The third-order valence-electron chi connectivity index (χ3n) is 2.31. The molecule has 0 heterocycles. The third-order valence-corrected chi connectivity index (χ3v) is 2.31. The van der Waals surface area contributed by atoms with Crippen LogP contribution in [0, 0.1) is 0 Å². The summed E-state index contributed by atoms with van der Waals surface area (Å²) in [5, 5.41) is 9.61. The van der Waals surface area contributed by atoms with Crippen molar-refractivity contribution in [2.24, 2.45) is 0 Å². The van der Waals surface area contributed by atoms with Crippen LogP contribution in [-0.4, -0.2) is 19.3 Å². The summed E-state index contributed by atoms with van der Waals surface area (Å²) in [7, 11) is 3.09. The first-order valence-electron chi connectivity index (χ1n) is 4.86. The molecule has 15 heavy (non-hydrogen) atoms. The standard InChI is InChI=1S/C12H18O3/c1-12(2,3)8-6-7-9(13)11(15-5)10(8)14-4/h6-7,13H,1-5H3. The Morgan fingerprint density at radius 3 is 1.93 bits per heavy atom. The number of phenols is 1. The van der Waals surface area contributed by atoms with Gasteiger partial charge in [0.2, 0.25) is 5.75 Å². The average molecular weight is 210 g/mol. The van der Waals surface area contributed by atoms with Crippen LogP contribution in [0.15, 0.2) is 12.1 Å². The fourth-order valence-electron chi connectivity index (χ4n) is 1.54. The van der Waals surface area contributed by atoms with Crippen molar-refractivity contribution in [3.8, 4) is 17.2 Å². The van der Waals surface area contributed by atoms with E-state index < -0.39 is 0 Å². The fraction of sp³-hybridized carbons (Fsp3) is 0.500. The van der Waals surface area contributed by atoms with Gasteiger partial charge in [0.15, 0.2) is 11.5 Å². The summed E-state index contributed by atoms with van der Waals surface area (Å²) >= 11 is 0. The number of ether oxygens (including phenoxy) is 2. The number of methoxy groups -OCH3 is 2. The molecule has 1 rings (SSSR count). The Hall–Kier alpha value is -1.38. The van der Waals surface area contributed by atoms with Gasteiger partial charge >= 0.3 is 0 Å². The number of hydrogen-bond acceptors (Lipinski definition) is 3. The molecule has 0 saturated heterocycles. The summed E-state index contributed by atoms with van der Waals surface area (Å²) in [5.74, 6) is 1.09. The first-order chi connectivity index (χ1) is 6.91. The molecule has 1 aromatic carbocycles. The highest BCUT2D eigenvalue weighted by atomic mass is 16.5. The number of rotatable bonds is 2. The summed E-state index contributed by atoms with van der Waals surface area (Å²) in [6.07, 6.45) is 0. The van der Waals surface area contributed by atoms with Crippen molar-refractivity contribution in [3.05, 3.63) is 17.7 Å². The summed E-state index contributed by atoms with van der Waals surface area (Å²) in [6.45, 7) is 6.25. The molecule has 1 N–H and O–H groups in total. The molecule has 0 aliphatic carbocycles. The van der Waals surface area contributed by atoms with E-state index in [9.17, 15) is 5.11 Å². The maximum absolute atomic E-state index is 9.61. The maximum Gasteiger partial charge on any atom is 0.203 e. The van der Waals surface area contributed by atoms with Gasteiger partial charge in [-0.3, -0.25) is 0 Å². The van der Waals surface area contributed by atoms with Crippen LogP contribution in [0.3, 0.4) is 0 Å². The van der Waals surface area contributed by atoms with Crippen LogP contribution >= 0.6 is 0 Å². The quantitative estimate of drug-likeness (QED) is 0.815. The molecule has 0 spiro atoms. The van der Waals surface area contributed by atoms with Gasteiger partial charge in [0.05, 0.1) is 14.2 Å². The van der Waals surface area contributed by atoms with E-state index in [0.717, 1.165) is 5.56 Å². The van der Waals surface area contributed by atoms with Gasteiger partial charge in [-0.15, -0.1) is 0 Å². The Balaban J connectivity index is 3.42. The zero-order valence-corrected chi connectivity index (χ0v) is 9.92. The molecule has 0 aliphatic heterocycles. The lowest BCUT2D eigenvalue weighted by molar-refractivity contribution is 0.325. The van der Waals surface area contributed by atoms with Crippen LogP contribution in [0.5, 0.6) is 17.2 Å². The Morgan fingerprint density at radius 1 is 1.00 bits per heavy atom. The van der Waals surface area contributed by atoms with E-state index in [1.165, 1.54) is 7.11 Å². The molecular formula is C12H18O3. The van der Waals surface area contributed by atoms with Crippen molar-refractivity contribution in [3.63, 3.8) is 0 Å². The second kappa shape index (κ2) is 4.01. The second-order valence-corrected chi connectivity index (χ2v) is 4.45. The van der Waals surface area contributed by atoms with Gasteiger partial charge in [-0.25, -0.2) is 0 Å². The normalized spacial score (nSPS) is 11.3. The average Bonchev–Trinajstić information content (AvgIpc) is 2.15. The summed E-state index contributed by atoms with van der Waals surface area (Å²) in [4.78, 5) is 0. The lowest BCUT2D eigenvalue weighted by atomic mass is 9.86. The second-order valence-electron chi connectivity index (χ2n) is 4.45. The Kier molecular flexibility index (Phi) is 3.12. The predicted octanol–water partition coefficient (Wildman–Crippen LogP) is 2.71. The molecular weight excluding hydrogens is 192 g/mol. The fourth-order valence-corrected chi connectivity index (χ4v) is 1.54. The van der Waals surface area contributed by atoms with Gasteiger partial charge in [0.25, 0.3) is 0 Å². The van der Waals surface area contributed by atoms with E-state index >= 15 is 0 Å². The lowest BCUT2D eigenvalue weighted by Gasteiger charge is -2.23. The molecule has 0 aliphatic rings. The van der Waals surface area contributed by atoms with E-state index in [2.05, 4.69) is 20.8 Å². The zero-order chi connectivity index (χ0) is 11.6. The monoisotopic (exact) mass is 210 g/mol. The third kappa shape index (κ3) is 2.17. The SMILES string of the molecule is COc1c(O)ccc(C(C)(C)C)c1OC. The molecule has 0 amide bonds. The smallest absolute Gasteiger partial charge is 0.203 e. The van der Waals surface area contributed by atoms with Crippen molar-refractivity contribution in [2.45, 2.75) is 26.2 Å². The van der Waals surface area contributed by atoms with Gasteiger partial charge in [0.1, 0.15) is 0 Å². The summed E-state index contributed by atoms with van der Waals surface area (Å²) < 4.78 is 10.4. The minimum Gasteiger partial charge on any atom is -0.504 e. The highest BCUT2D eigenvalue weighted by Gasteiger charge is 2.23. The minimum absolute atomic E-state index is 0.0493. The Morgan fingerprint density at radius 2 is 1.53 bits per heavy atom. The zero-order valence-electron chi connectivity index (χ0n) is 9.92. The van der Waals surface area contributed by atoms with E-state index in [0.29, 0.717) is 11.5 Å². The molecule has 84 valence electrons. The topological polar surface area (TPSA) is 38.7 Å². The van der Waals surface area contributed by atoms with E-state index in [1.54, 1.807) is 13.2 Å².